The summed E-state index contributed by atoms with van der Waals surface area (Å²) in [6.45, 7) is 4.24. The topological polar surface area (TPSA) is 58.8 Å². The highest BCUT2D eigenvalue weighted by Crippen LogP contribution is 2.37. The van der Waals surface area contributed by atoms with Crippen LogP contribution in [0.5, 0.6) is 0 Å². The molecule has 1 fully saturated rings. The van der Waals surface area contributed by atoms with Crippen LogP contribution in [0.1, 0.15) is 31.4 Å². The molecule has 3 aliphatic heterocycles. The van der Waals surface area contributed by atoms with Crippen molar-refractivity contribution < 1.29 is 18.3 Å². The van der Waals surface area contributed by atoms with Gasteiger partial charge in [0.25, 0.3) is 0 Å². The maximum absolute atomic E-state index is 14.1. The van der Waals surface area contributed by atoms with Crippen LogP contribution in [0.4, 0.5) is 8.78 Å². The van der Waals surface area contributed by atoms with E-state index < -0.39 is 23.8 Å². The minimum absolute atomic E-state index is 0.0811. The molecule has 0 bridgehead atoms. The summed E-state index contributed by atoms with van der Waals surface area (Å²) < 4.78 is 33.4. The number of rotatable bonds is 2. The van der Waals surface area contributed by atoms with Gasteiger partial charge in [-0.1, -0.05) is 0 Å². The second-order valence-corrected chi connectivity index (χ2v) is 7.34. The van der Waals surface area contributed by atoms with Crippen LogP contribution in [0.3, 0.4) is 0 Å². The predicted molar refractivity (Wildman–Crippen MR) is 92.0 cm³/mol. The van der Waals surface area contributed by atoms with Gasteiger partial charge in [-0.3, -0.25) is 4.79 Å². The Labute approximate surface area is 151 Å². The maximum Gasteiger partial charge on any atom is 0.220 e. The van der Waals surface area contributed by atoms with Crippen LogP contribution in [0.2, 0.25) is 0 Å². The zero-order valence-electron chi connectivity index (χ0n) is 14.8. The van der Waals surface area contributed by atoms with Crippen LogP contribution in [0.15, 0.2) is 29.5 Å². The highest BCUT2D eigenvalue weighted by Gasteiger charge is 2.39. The van der Waals surface area contributed by atoms with E-state index in [0.29, 0.717) is 26.1 Å². The number of nitrogens with two attached hydrogens (primary N) is 1. The van der Waals surface area contributed by atoms with Gasteiger partial charge in [0.1, 0.15) is 17.7 Å². The van der Waals surface area contributed by atoms with Gasteiger partial charge in [-0.05, 0) is 36.6 Å². The highest BCUT2D eigenvalue weighted by atomic mass is 19.1. The van der Waals surface area contributed by atoms with E-state index in [1.165, 1.54) is 17.3 Å². The Morgan fingerprint density at radius 3 is 2.85 bits per heavy atom. The van der Waals surface area contributed by atoms with Crippen LogP contribution in [0, 0.1) is 11.6 Å². The first kappa shape index (κ1) is 17.4. The van der Waals surface area contributed by atoms with Crippen molar-refractivity contribution in [1.82, 2.24) is 9.80 Å². The van der Waals surface area contributed by atoms with E-state index in [2.05, 4.69) is 4.90 Å². The molecule has 140 valence electrons. The normalized spacial score (nSPS) is 28.7. The molecule has 3 heterocycles. The van der Waals surface area contributed by atoms with Crippen molar-refractivity contribution in [2.45, 2.75) is 38.0 Å². The lowest BCUT2D eigenvalue weighted by Crippen LogP contribution is -2.49. The molecular formula is C19H23F2N3O2. The number of carbonyl (C=O) groups excluding carboxylic acids is 1. The predicted octanol–water partition coefficient (Wildman–Crippen LogP) is 1.94. The monoisotopic (exact) mass is 363 g/mol. The summed E-state index contributed by atoms with van der Waals surface area (Å²) in [5.41, 5.74) is 8.98. The molecule has 0 aliphatic carbocycles. The molecule has 1 aromatic carbocycles. The second-order valence-electron chi connectivity index (χ2n) is 7.34. The van der Waals surface area contributed by atoms with Gasteiger partial charge in [-0.2, -0.15) is 0 Å². The molecule has 4 rings (SSSR count). The molecule has 5 nitrogen and oxygen atoms in total. The summed E-state index contributed by atoms with van der Waals surface area (Å²) in [7, 11) is 0. The average molecular weight is 363 g/mol. The third kappa shape index (κ3) is 2.99. The van der Waals surface area contributed by atoms with Crippen LogP contribution in [0.25, 0.3) is 0 Å². The third-order valence-electron chi connectivity index (χ3n) is 5.68. The molecule has 2 N–H and O–H groups in total. The number of hydrogen-bond acceptors (Lipinski definition) is 4. The molecule has 3 aliphatic rings. The van der Waals surface area contributed by atoms with E-state index in [-0.39, 0.29) is 17.5 Å². The smallest absolute Gasteiger partial charge is 0.220 e. The number of benzene rings is 1. The van der Waals surface area contributed by atoms with Crippen molar-refractivity contribution in [2.24, 2.45) is 5.73 Å². The van der Waals surface area contributed by atoms with E-state index >= 15 is 0 Å². The molecular weight excluding hydrogens is 340 g/mol. The molecule has 3 atom stereocenters. The third-order valence-corrected chi connectivity index (χ3v) is 5.68. The van der Waals surface area contributed by atoms with Crippen molar-refractivity contribution in [1.29, 1.82) is 0 Å². The van der Waals surface area contributed by atoms with Gasteiger partial charge in [0.05, 0.1) is 19.2 Å². The second kappa shape index (κ2) is 6.63. The van der Waals surface area contributed by atoms with Crippen LogP contribution in [-0.4, -0.2) is 54.0 Å². The number of ether oxygens (including phenoxy) is 1. The van der Waals surface area contributed by atoms with Crippen molar-refractivity contribution in [3.63, 3.8) is 0 Å². The van der Waals surface area contributed by atoms with E-state index in [1.807, 2.05) is 4.90 Å². The van der Waals surface area contributed by atoms with E-state index in [9.17, 15) is 13.6 Å². The van der Waals surface area contributed by atoms with Crippen LogP contribution < -0.4 is 5.73 Å². The zero-order valence-corrected chi connectivity index (χ0v) is 14.8. The van der Waals surface area contributed by atoms with Gasteiger partial charge in [-0.25, -0.2) is 8.78 Å². The largest absolute Gasteiger partial charge is 0.370 e. The summed E-state index contributed by atoms with van der Waals surface area (Å²) >= 11 is 0. The number of halogens is 2. The first-order valence-electron chi connectivity index (χ1n) is 8.99. The molecule has 1 amide bonds. The van der Waals surface area contributed by atoms with E-state index in [4.69, 9.17) is 10.5 Å². The standard InChI is InChI=1S/C19H23F2N3O2/c1-11(25)23-8-12-4-5-24(18(12)9-23)14-7-17(22)19(26-10-14)15-6-13(20)2-3-16(15)21/h2-3,6,14,17,19H,4-5,7-10,22H2,1H3/t14-,17+,19-/m1/s1. The zero-order chi connectivity index (χ0) is 18.4. The molecule has 1 aromatic rings. The first-order valence-corrected chi connectivity index (χ1v) is 8.99. The van der Waals surface area contributed by atoms with Crippen molar-refractivity contribution in [2.75, 3.05) is 26.2 Å². The van der Waals surface area contributed by atoms with Gasteiger partial charge in [0.2, 0.25) is 5.91 Å². The summed E-state index contributed by atoms with van der Waals surface area (Å²) in [6.07, 6.45) is 0.944. The number of hydrogen-bond donors (Lipinski definition) is 1. The van der Waals surface area contributed by atoms with Gasteiger partial charge in [0.15, 0.2) is 0 Å². The Balaban J connectivity index is 1.46. The van der Waals surface area contributed by atoms with Gasteiger partial charge in [0, 0.05) is 37.3 Å². The Morgan fingerprint density at radius 1 is 1.31 bits per heavy atom. The molecule has 7 heteroatoms. The Hall–Kier alpha value is -1.99. The number of carbonyl (C=O) groups is 1. The molecule has 0 saturated carbocycles. The van der Waals surface area contributed by atoms with Gasteiger partial charge < -0.3 is 20.3 Å². The maximum atomic E-state index is 14.1. The average Bonchev–Trinajstić information content (AvgIpc) is 3.18. The van der Waals surface area contributed by atoms with E-state index in [1.54, 1.807) is 6.92 Å². The minimum atomic E-state index is -0.643. The highest BCUT2D eigenvalue weighted by molar-refractivity contribution is 5.74. The molecule has 0 unspecified atom stereocenters. The van der Waals surface area contributed by atoms with Crippen molar-refractivity contribution in [3.05, 3.63) is 46.7 Å². The number of nitrogens with zero attached hydrogens (tertiary/aromatic N) is 2. The Morgan fingerprint density at radius 2 is 2.12 bits per heavy atom. The van der Waals surface area contributed by atoms with Crippen molar-refractivity contribution >= 4 is 5.91 Å². The lowest BCUT2D eigenvalue weighted by Gasteiger charge is -2.40. The molecule has 0 spiro atoms. The molecule has 1 saturated heterocycles. The molecule has 26 heavy (non-hydrogen) atoms. The first-order chi connectivity index (χ1) is 12.4. The fourth-order valence-electron chi connectivity index (χ4n) is 4.32. The summed E-state index contributed by atoms with van der Waals surface area (Å²) in [5, 5.41) is 0. The SMILES string of the molecule is CC(=O)N1CC2=C(C1)N([C@H]1CO[C@H](c3cc(F)ccc3F)[C@@H](N)C1)CC2. The van der Waals surface area contributed by atoms with Gasteiger partial charge >= 0.3 is 0 Å². The molecule has 0 aromatic heterocycles. The Kier molecular flexibility index (Phi) is 4.44. The Bertz CT molecular complexity index is 767. The summed E-state index contributed by atoms with van der Waals surface area (Å²) in [4.78, 5) is 15.8. The summed E-state index contributed by atoms with van der Waals surface area (Å²) in [5.74, 6) is -0.911. The summed E-state index contributed by atoms with van der Waals surface area (Å²) in [6, 6.07) is 3.05. The fourth-order valence-corrected chi connectivity index (χ4v) is 4.32. The lowest BCUT2D eigenvalue weighted by atomic mass is 9.93. The van der Waals surface area contributed by atoms with E-state index in [0.717, 1.165) is 25.1 Å². The number of amides is 1. The molecule has 0 radical (unpaired) electrons. The van der Waals surface area contributed by atoms with Gasteiger partial charge in [-0.15, -0.1) is 0 Å². The fraction of sp³-hybridized carbons (Fsp3) is 0.526. The van der Waals surface area contributed by atoms with Crippen LogP contribution >= 0.6 is 0 Å². The van der Waals surface area contributed by atoms with Crippen LogP contribution in [-0.2, 0) is 9.53 Å². The minimum Gasteiger partial charge on any atom is -0.370 e. The lowest BCUT2D eigenvalue weighted by molar-refractivity contribution is -0.127. The van der Waals surface area contributed by atoms with Crippen molar-refractivity contribution in [3.8, 4) is 0 Å². The quantitative estimate of drug-likeness (QED) is 0.873.